The summed E-state index contributed by atoms with van der Waals surface area (Å²) in [4.78, 5) is 24.1. The van der Waals surface area contributed by atoms with Gasteiger partial charge in [0.05, 0.1) is 4.92 Å². The third-order valence-electron chi connectivity index (χ3n) is 4.14. The molecule has 0 bridgehead atoms. The molecule has 0 unspecified atom stereocenters. The molecule has 6 nitrogen and oxygen atoms in total. The van der Waals surface area contributed by atoms with E-state index in [9.17, 15) is 14.9 Å². The number of aromatic nitrogens is 1. The van der Waals surface area contributed by atoms with Gasteiger partial charge in [0.2, 0.25) is 0 Å². The van der Waals surface area contributed by atoms with Crippen LogP contribution in [0.15, 0.2) is 53.6 Å². The summed E-state index contributed by atoms with van der Waals surface area (Å²) >= 11 is 1.43. The Hall–Kier alpha value is -2.80. The number of anilines is 1. The normalized spacial score (nSPS) is 10.8. The van der Waals surface area contributed by atoms with E-state index in [2.05, 4.69) is 16.8 Å². The number of aryl methyl sites for hydroxylation is 1. The maximum absolute atomic E-state index is 12.6. The van der Waals surface area contributed by atoms with Crippen LogP contribution in [0.5, 0.6) is 0 Å². The molecule has 0 aliphatic heterocycles. The van der Waals surface area contributed by atoms with Gasteiger partial charge in [0.25, 0.3) is 11.6 Å². The SMILES string of the molecule is CCCn1ccc2cc(NC(=O)c3cc(SC)ccc3[N+](=O)[O-])ccc21. The minimum absolute atomic E-state index is 0.0606. The molecule has 134 valence electrons. The van der Waals surface area contributed by atoms with E-state index in [1.807, 2.05) is 36.7 Å². The van der Waals surface area contributed by atoms with E-state index in [0.717, 1.165) is 28.8 Å². The second kappa shape index (κ2) is 7.61. The van der Waals surface area contributed by atoms with Crippen LogP contribution in [0.4, 0.5) is 11.4 Å². The number of nitrogens with one attached hydrogen (secondary N) is 1. The number of carbonyl (C=O) groups is 1. The van der Waals surface area contributed by atoms with Crippen LogP contribution in [-0.4, -0.2) is 21.7 Å². The van der Waals surface area contributed by atoms with Gasteiger partial charge in [-0.25, -0.2) is 0 Å². The lowest BCUT2D eigenvalue weighted by Crippen LogP contribution is -2.14. The summed E-state index contributed by atoms with van der Waals surface area (Å²) < 4.78 is 2.16. The van der Waals surface area contributed by atoms with Crippen LogP contribution in [0.2, 0.25) is 0 Å². The van der Waals surface area contributed by atoms with Crippen molar-refractivity contribution >= 4 is 39.9 Å². The van der Waals surface area contributed by atoms with Crippen molar-refractivity contribution in [1.29, 1.82) is 0 Å². The van der Waals surface area contributed by atoms with Gasteiger partial charge < -0.3 is 9.88 Å². The molecule has 26 heavy (non-hydrogen) atoms. The number of thioether (sulfide) groups is 1. The molecular formula is C19H19N3O3S. The highest BCUT2D eigenvalue weighted by molar-refractivity contribution is 7.98. The third kappa shape index (κ3) is 3.57. The summed E-state index contributed by atoms with van der Waals surface area (Å²) in [7, 11) is 0. The van der Waals surface area contributed by atoms with Crippen LogP contribution in [0.25, 0.3) is 10.9 Å². The van der Waals surface area contributed by atoms with E-state index in [0.29, 0.717) is 5.69 Å². The lowest BCUT2D eigenvalue weighted by Gasteiger charge is -2.08. The molecule has 7 heteroatoms. The highest BCUT2D eigenvalue weighted by Gasteiger charge is 2.21. The maximum Gasteiger partial charge on any atom is 0.282 e. The Morgan fingerprint density at radius 2 is 2.04 bits per heavy atom. The Labute approximate surface area is 155 Å². The van der Waals surface area contributed by atoms with Crippen molar-refractivity contribution in [2.24, 2.45) is 0 Å². The average molecular weight is 369 g/mol. The first-order valence-electron chi connectivity index (χ1n) is 8.26. The molecule has 1 amide bonds. The van der Waals surface area contributed by atoms with E-state index in [4.69, 9.17) is 0 Å². The molecule has 3 aromatic rings. The molecule has 1 aromatic heterocycles. The summed E-state index contributed by atoms with van der Waals surface area (Å²) in [5.41, 5.74) is 1.57. The van der Waals surface area contributed by atoms with E-state index < -0.39 is 10.8 Å². The van der Waals surface area contributed by atoms with Gasteiger partial charge in [0.1, 0.15) is 5.56 Å². The largest absolute Gasteiger partial charge is 0.347 e. The van der Waals surface area contributed by atoms with E-state index in [-0.39, 0.29) is 11.3 Å². The molecule has 0 aliphatic carbocycles. The van der Waals surface area contributed by atoms with Crippen molar-refractivity contribution in [3.8, 4) is 0 Å². The molecular weight excluding hydrogens is 350 g/mol. The molecule has 0 atom stereocenters. The summed E-state index contributed by atoms with van der Waals surface area (Å²) in [6, 6.07) is 12.2. The summed E-state index contributed by atoms with van der Waals surface area (Å²) in [6.07, 6.45) is 4.92. The zero-order valence-electron chi connectivity index (χ0n) is 14.6. The predicted molar refractivity (Wildman–Crippen MR) is 105 cm³/mol. The van der Waals surface area contributed by atoms with Gasteiger partial charge in [0, 0.05) is 40.3 Å². The predicted octanol–water partition coefficient (Wildman–Crippen LogP) is 4.93. The Morgan fingerprint density at radius 1 is 1.23 bits per heavy atom. The van der Waals surface area contributed by atoms with Crippen molar-refractivity contribution in [2.45, 2.75) is 24.8 Å². The van der Waals surface area contributed by atoms with E-state index in [1.165, 1.54) is 17.8 Å². The molecule has 1 N–H and O–H groups in total. The first-order valence-corrected chi connectivity index (χ1v) is 9.48. The van der Waals surface area contributed by atoms with Crippen molar-refractivity contribution < 1.29 is 9.72 Å². The first-order chi connectivity index (χ1) is 12.5. The minimum Gasteiger partial charge on any atom is -0.347 e. The highest BCUT2D eigenvalue weighted by atomic mass is 32.2. The molecule has 0 saturated carbocycles. The van der Waals surface area contributed by atoms with Crippen LogP contribution >= 0.6 is 11.8 Å². The molecule has 0 spiro atoms. The first kappa shape index (κ1) is 18.0. The molecule has 1 heterocycles. The van der Waals surface area contributed by atoms with Gasteiger partial charge in [-0.1, -0.05) is 6.92 Å². The van der Waals surface area contributed by atoms with E-state index >= 15 is 0 Å². The lowest BCUT2D eigenvalue weighted by atomic mass is 10.1. The second-order valence-corrected chi connectivity index (χ2v) is 6.76. The van der Waals surface area contributed by atoms with Crippen LogP contribution in [-0.2, 0) is 6.54 Å². The molecule has 0 aliphatic rings. The molecule has 0 fully saturated rings. The number of rotatable bonds is 6. The molecule has 3 rings (SSSR count). The Balaban J connectivity index is 1.90. The van der Waals surface area contributed by atoms with Gasteiger partial charge in [-0.15, -0.1) is 11.8 Å². The quantitative estimate of drug-likeness (QED) is 0.379. The third-order valence-corrected chi connectivity index (χ3v) is 4.86. The van der Waals surface area contributed by atoms with Gasteiger partial charge in [-0.05, 0) is 49.1 Å². The zero-order chi connectivity index (χ0) is 18.7. The van der Waals surface area contributed by atoms with Crippen LogP contribution in [0.1, 0.15) is 23.7 Å². The monoisotopic (exact) mass is 369 g/mol. The standard InChI is InChI=1S/C19H19N3O3S/c1-3-9-21-10-8-13-11-14(4-6-17(13)21)20-19(23)16-12-15(26-2)5-7-18(16)22(24)25/h4-8,10-12H,3,9H2,1-2H3,(H,20,23). The fourth-order valence-corrected chi connectivity index (χ4v) is 3.34. The fourth-order valence-electron chi connectivity index (χ4n) is 2.90. The maximum atomic E-state index is 12.6. The average Bonchev–Trinajstić information content (AvgIpc) is 3.03. The number of nitrogens with zero attached hydrogens (tertiary/aromatic N) is 2. The minimum atomic E-state index is -0.535. The molecule has 0 saturated heterocycles. The Kier molecular flexibility index (Phi) is 5.27. The highest BCUT2D eigenvalue weighted by Crippen LogP contribution is 2.26. The molecule has 2 aromatic carbocycles. The number of fused-ring (bicyclic) bond motifs is 1. The summed E-state index contributed by atoms with van der Waals surface area (Å²) in [5.74, 6) is -0.486. The van der Waals surface area contributed by atoms with Crippen molar-refractivity contribution in [3.63, 3.8) is 0 Å². The number of benzene rings is 2. The van der Waals surface area contributed by atoms with Crippen LogP contribution in [0, 0.1) is 10.1 Å². The number of hydrogen-bond donors (Lipinski definition) is 1. The number of nitro groups is 1. The topological polar surface area (TPSA) is 77.2 Å². The number of carbonyl (C=O) groups excluding carboxylic acids is 1. The van der Waals surface area contributed by atoms with Gasteiger partial charge in [-0.3, -0.25) is 14.9 Å². The number of nitro benzene ring substituents is 1. The summed E-state index contributed by atoms with van der Waals surface area (Å²) in [5, 5.41) is 15.0. The van der Waals surface area contributed by atoms with Gasteiger partial charge >= 0.3 is 0 Å². The van der Waals surface area contributed by atoms with Gasteiger partial charge in [-0.2, -0.15) is 0 Å². The van der Waals surface area contributed by atoms with Crippen LogP contribution in [0.3, 0.4) is 0 Å². The Bertz CT molecular complexity index is 981. The van der Waals surface area contributed by atoms with Crippen molar-refractivity contribution in [1.82, 2.24) is 4.57 Å². The van der Waals surface area contributed by atoms with Gasteiger partial charge in [0.15, 0.2) is 0 Å². The van der Waals surface area contributed by atoms with E-state index in [1.54, 1.807) is 12.1 Å². The number of amides is 1. The molecule has 0 radical (unpaired) electrons. The van der Waals surface area contributed by atoms with Crippen LogP contribution < -0.4 is 5.32 Å². The zero-order valence-corrected chi connectivity index (χ0v) is 15.4. The number of hydrogen-bond acceptors (Lipinski definition) is 4. The fraction of sp³-hybridized carbons (Fsp3) is 0.211. The summed E-state index contributed by atoms with van der Waals surface area (Å²) in [6.45, 7) is 3.05. The van der Waals surface area contributed by atoms with Crippen molar-refractivity contribution in [2.75, 3.05) is 11.6 Å². The smallest absolute Gasteiger partial charge is 0.282 e. The van der Waals surface area contributed by atoms with Crippen molar-refractivity contribution in [3.05, 3.63) is 64.3 Å². The Morgan fingerprint density at radius 3 is 2.73 bits per heavy atom. The second-order valence-electron chi connectivity index (χ2n) is 5.88. The lowest BCUT2D eigenvalue weighted by molar-refractivity contribution is -0.385.